The van der Waals surface area contributed by atoms with Crippen molar-refractivity contribution in [1.82, 2.24) is 4.90 Å². The third kappa shape index (κ3) is 6.85. The molecule has 0 aromatic heterocycles. The van der Waals surface area contributed by atoms with E-state index in [4.69, 9.17) is 36.1 Å². The number of anilines is 1. The highest BCUT2D eigenvalue weighted by Crippen LogP contribution is 2.27. The number of carbonyl (C=O) groups is 2. The van der Waals surface area contributed by atoms with E-state index in [9.17, 15) is 5.11 Å². The predicted octanol–water partition coefficient (Wildman–Crippen LogP) is 2.53. The van der Waals surface area contributed by atoms with Gasteiger partial charge in [0, 0.05) is 43.4 Å². The van der Waals surface area contributed by atoms with Crippen molar-refractivity contribution in [3.8, 4) is 11.5 Å². The molecule has 1 saturated heterocycles. The Kier molecular flexibility index (Phi) is 8.11. The molecule has 0 aliphatic carbocycles. The number of aliphatic carboxylic acids is 2. The second-order valence-electron chi connectivity index (χ2n) is 6.36. The summed E-state index contributed by atoms with van der Waals surface area (Å²) >= 11 is 5.94. The van der Waals surface area contributed by atoms with Crippen molar-refractivity contribution >= 4 is 29.2 Å². The Morgan fingerprint density at radius 2 is 1.59 bits per heavy atom. The lowest BCUT2D eigenvalue weighted by molar-refractivity contribution is -0.159. The molecule has 0 atom stereocenters. The Labute approximate surface area is 173 Å². The average molecular weight is 423 g/mol. The number of benzene rings is 2. The number of phenolic OH excluding ortho intramolecular Hbond substituents is 1. The molecule has 0 radical (unpaired) electrons. The summed E-state index contributed by atoms with van der Waals surface area (Å²) in [5, 5.41) is 25.4. The van der Waals surface area contributed by atoms with Gasteiger partial charge in [0.05, 0.1) is 7.11 Å². The van der Waals surface area contributed by atoms with Gasteiger partial charge < -0.3 is 25.0 Å². The third-order valence-electron chi connectivity index (χ3n) is 4.40. The number of hydrogen-bond donors (Lipinski definition) is 3. The van der Waals surface area contributed by atoms with E-state index in [1.165, 1.54) is 5.69 Å². The number of ether oxygens (including phenoxy) is 1. The number of rotatable bonds is 4. The molecule has 2 aromatic rings. The van der Waals surface area contributed by atoms with Crippen LogP contribution in [0.1, 0.15) is 5.56 Å². The SMILES string of the molecule is COc1ccc(CN2CCN(c3ccc(Cl)cc3)CC2)cc1O.O=C(O)C(=O)O. The quantitative estimate of drug-likeness (QED) is 0.645. The van der Waals surface area contributed by atoms with Crippen LogP contribution >= 0.6 is 11.6 Å². The summed E-state index contributed by atoms with van der Waals surface area (Å²) in [5.41, 5.74) is 2.32. The zero-order valence-electron chi connectivity index (χ0n) is 15.9. The number of carboxylic acid groups (broad SMARTS) is 2. The second kappa shape index (κ2) is 10.5. The lowest BCUT2D eigenvalue weighted by Crippen LogP contribution is -2.45. The molecule has 1 aliphatic heterocycles. The van der Waals surface area contributed by atoms with Crippen molar-refractivity contribution in [2.45, 2.75) is 6.54 Å². The Morgan fingerprint density at radius 3 is 2.07 bits per heavy atom. The molecule has 1 fully saturated rings. The smallest absolute Gasteiger partial charge is 0.414 e. The molecule has 8 nitrogen and oxygen atoms in total. The summed E-state index contributed by atoms with van der Waals surface area (Å²) < 4.78 is 5.08. The molecule has 9 heteroatoms. The van der Waals surface area contributed by atoms with E-state index >= 15 is 0 Å². The standard InChI is InChI=1S/C18H21ClN2O2.C2H2O4/c1-23-18-7-2-14(12-17(18)22)13-20-8-10-21(11-9-20)16-5-3-15(19)4-6-16;3-1(4)2(5)6/h2-7,12,22H,8-11,13H2,1H3;(H,3,4)(H,5,6). The van der Waals surface area contributed by atoms with Crippen LogP contribution in [0.4, 0.5) is 5.69 Å². The summed E-state index contributed by atoms with van der Waals surface area (Å²) in [7, 11) is 1.56. The first-order valence-electron chi connectivity index (χ1n) is 8.85. The second-order valence-corrected chi connectivity index (χ2v) is 6.79. The Morgan fingerprint density at radius 1 is 1.00 bits per heavy atom. The van der Waals surface area contributed by atoms with Gasteiger partial charge in [0.1, 0.15) is 0 Å². The van der Waals surface area contributed by atoms with E-state index in [0.717, 1.165) is 43.3 Å². The average Bonchev–Trinajstić information content (AvgIpc) is 2.70. The van der Waals surface area contributed by atoms with Crippen LogP contribution in [0.25, 0.3) is 0 Å². The minimum absolute atomic E-state index is 0.199. The van der Waals surface area contributed by atoms with Gasteiger partial charge in [0.15, 0.2) is 11.5 Å². The molecule has 1 heterocycles. The van der Waals surface area contributed by atoms with Crippen LogP contribution in [0.15, 0.2) is 42.5 Å². The van der Waals surface area contributed by atoms with Crippen molar-refractivity contribution in [1.29, 1.82) is 0 Å². The number of phenols is 1. The van der Waals surface area contributed by atoms with Crippen LogP contribution in [0, 0.1) is 0 Å². The van der Waals surface area contributed by atoms with Gasteiger partial charge in [-0.3, -0.25) is 4.90 Å². The number of hydrogen-bond acceptors (Lipinski definition) is 6. The Balaban J connectivity index is 0.000000438. The van der Waals surface area contributed by atoms with Crippen LogP contribution in [-0.4, -0.2) is 65.4 Å². The molecule has 29 heavy (non-hydrogen) atoms. The highest BCUT2D eigenvalue weighted by atomic mass is 35.5. The van der Waals surface area contributed by atoms with E-state index in [-0.39, 0.29) is 5.75 Å². The van der Waals surface area contributed by atoms with E-state index in [0.29, 0.717) is 5.75 Å². The maximum atomic E-state index is 9.87. The van der Waals surface area contributed by atoms with Gasteiger partial charge in [-0.05, 0) is 42.0 Å². The minimum atomic E-state index is -1.82. The fourth-order valence-electron chi connectivity index (χ4n) is 2.91. The summed E-state index contributed by atoms with van der Waals surface area (Å²) in [6, 6.07) is 13.6. The fourth-order valence-corrected chi connectivity index (χ4v) is 3.03. The number of halogens is 1. The molecule has 0 spiro atoms. The summed E-state index contributed by atoms with van der Waals surface area (Å²) in [5.74, 6) is -2.93. The van der Waals surface area contributed by atoms with Gasteiger partial charge >= 0.3 is 11.9 Å². The van der Waals surface area contributed by atoms with E-state index in [2.05, 4.69) is 21.9 Å². The molecular formula is C20H23ClN2O6. The molecule has 2 aromatic carbocycles. The monoisotopic (exact) mass is 422 g/mol. The molecule has 0 bridgehead atoms. The van der Waals surface area contributed by atoms with Crippen molar-refractivity contribution < 1.29 is 29.6 Å². The number of methoxy groups -OCH3 is 1. The summed E-state index contributed by atoms with van der Waals surface area (Å²) in [6.07, 6.45) is 0. The maximum Gasteiger partial charge on any atom is 0.414 e. The zero-order valence-corrected chi connectivity index (χ0v) is 16.7. The van der Waals surface area contributed by atoms with Crippen LogP contribution in [0.2, 0.25) is 5.02 Å². The molecular weight excluding hydrogens is 400 g/mol. The fraction of sp³-hybridized carbons (Fsp3) is 0.300. The van der Waals surface area contributed by atoms with E-state index < -0.39 is 11.9 Å². The van der Waals surface area contributed by atoms with Crippen molar-refractivity contribution in [3.63, 3.8) is 0 Å². The van der Waals surface area contributed by atoms with E-state index in [1.54, 1.807) is 13.2 Å². The molecule has 0 saturated carbocycles. The molecule has 0 amide bonds. The minimum Gasteiger partial charge on any atom is -0.504 e. The largest absolute Gasteiger partial charge is 0.504 e. The molecule has 0 unspecified atom stereocenters. The van der Waals surface area contributed by atoms with Crippen molar-refractivity contribution in [2.75, 3.05) is 38.2 Å². The zero-order chi connectivity index (χ0) is 21.4. The van der Waals surface area contributed by atoms with Gasteiger partial charge in [0.2, 0.25) is 0 Å². The first-order valence-corrected chi connectivity index (χ1v) is 9.23. The highest BCUT2D eigenvalue weighted by molar-refractivity contribution is 6.30. The number of nitrogens with zero attached hydrogens (tertiary/aromatic N) is 2. The van der Waals surface area contributed by atoms with Gasteiger partial charge in [-0.2, -0.15) is 0 Å². The van der Waals surface area contributed by atoms with Gasteiger partial charge in [-0.25, -0.2) is 9.59 Å². The van der Waals surface area contributed by atoms with Gasteiger partial charge in [0.25, 0.3) is 0 Å². The van der Waals surface area contributed by atoms with E-state index in [1.807, 2.05) is 24.3 Å². The number of aromatic hydroxyl groups is 1. The van der Waals surface area contributed by atoms with Gasteiger partial charge in [-0.15, -0.1) is 0 Å². The Hall–Kier alpha value is -2.97. The molecule has 156 valence electrons. The van der Waals surface area contributed by atoms with Crippen molar-refractivity contribution in [2.24, 2.45) is 0 Å². The normalized spacial score (nSPS) is 13.9. The number of piperazine rings is 1. The van der Waals surface area contributed by atoms with Crippen LogP contribution in [-0.2, 0) is 16.1 Å². The van der Waals surface area contributed by atoms with Crippen LogP contribution in [0.5, 0.6) is 11.5 Å². The first-order chi connectivity index (χ1) is 13.8. The first kappa shape index (κ1) is 22.3. The van der Waals surface area contributed by atoms with Crippen LogP contribution < -0.4 is 9.64 Å². The molecule has 3 rings (SSSR count). The lowest BCUT2D eigenvalue weighted by atomic mass is 10.1. The predicted molar refractivity (Wildman–Crippen MR) is 109 cm³/mol. The Bertz CT molecular complexity index is 823. The summed E-state index contributed by atoms with van der Waals surface area (Å²) in [4.78, 5) is 23.0. The lowest BCUT2D eigenvalue weighted by Gasteiger charge is -2.36. The molecule has 3 N–H and O–H groups in total. The summed E-state index contributed by atoms with van der Waals surface area (Å²) in [6.45, 7) is 4.81. The van der Waals surface area contributed by atoms with Crippen molar-refractivity contribution in [3.05, 3.63) is 53.1 Å². The molecule has 1 aliphatic rings. The topological polar surface area (TPSA) is 111 Å². The number of carboxylic acids is 2. The van der Waals surface area contributed by atoms with Crippen LogP contribution in [0.3, 0.4) is 0 Å². The third-order valence-corrected chi connectivity index (χ3v) is 4.65. The maximum absolute atomic E-state index is 9.87. The van der Waals surface area contributed by atoms with Gasteiger partial charge in [-0.1, -0.05) is 17.7 Å². The highest BCUT2D eigenvalue weighted by Gasteiger charge is 2.17.